The maximum atomic E-state index is 10.1. The normalized spacial score (nSPS) is 20.8. The molecular formula is C13H18O2S. The summed E-state index contributed by atoms with van der Waals surface area (Å²) in [6.07, 6.45) is 2.55. The highest BCUT2D eigenvalue weighted by Gasteiger charge is 2.27. The van der Waals surface area contributed by atoms with Gasteiger partial charge in [-0.3, -0.25) is 0 Å². The van der Waals surface area contributed by atoms with Crippen molar-refractivity contribution in [3.63, 3.8) is 0 Å². The lowest BCUT2D eigenvalue weighted by molar-refractivity contribution is 0.133. The number of aliphatic hydroxyl groups is 1. The summed E-state index contributed by atoms with van der Waals surface area (Å²) in [7, 11) is 1.70. The molecule has 88 valence electrons. The van der Waals surface area contributed by atoms with E-state index >= 15 is 0 Å². The molecular weight excluding hydrogens is 220 g/mol. The molecule has 0 spiro atoms. The van der Waals surface area contributed by atoms with Crippen LogP contribution in [0.4, 0.5) is 0 Å². The van der Waals surface area contributed by atoms with Gasteiger partial charge in [-0.1, -0.05) is 18.2 Å². The quantitative estimate of drug-likeness (QED) is 0.799. The number of thioether (sulfide) groups is 1. The lowest BCUT2D eigenvalue weighted by atomic mass is 10.0. The number of fused-ring (bicyclic) bond motifs is 1. The summed E-state index contributed by atoms with van der Waals surface area (Å²) < 4.78 is 5.00. The van der Waals surface area contributed by atoms with Gasteiger partial charge in [0.05, 0.1) is 6.10 Å². The average Bonchev–Trinajstić information content (AvgIpc) is 2.73. The predicted molar refractivity (Wildman–Crippen MR) is 66.9 cm³/mol. The maximum absolute atomic E-state index is 10.1. The zero-order chi connectivity index (χ0) is 11.4. The van der Waals surface area contributed by atoms with Crippen LogP contribution < -0.4 is 0 Å². The number of hydrogen-bond donors (Lipinski definition) is 1. The molecule has 1 aliphatic rings. The van der Waals surface area contributed by atoms with Crippen LogP contribution in [-0.4, -0.2) is 30.2 Å². The van der Waals surface area contributed by atoms with E-state index < -0.39 is 0 Å². The smallest absolute Gasteiger partial charge is 0.0666 e. The Morgan fingerprint density at radius 2 is 2.31 bits per heavy atom. The summed E-state index contributed by atoms with van der Waals surface area (Å²) >= 11 is 1.81. The second kappa shape index (κ2) is 5.71. The highest BCUT2D eigenvalue weighted by Crippen LogP contribution is 2.38. The molecule has 1 heterocycles. The minimum atomic E-state index is -0.215. The summed E-state index contributed by atoms with van der Waals surface area (Å²) in [5.74, 6) is 0. The fraction of sp³-hybridized carbons (Fsp3) is 0.538. The Hall–Kier alpha value is -0.510. The fourth-order valence-electron chi connectivity index (χ4n) is 2.05. The van der Waals surface area contributed by atoms with Gasteiger partial charge in [0.2, 0.25) is 0 Å². The number of rotatable bonds is 5. The summed E-state index contributed by atoms with van der Waals surface area (Å²) in [4.78, 5) is 1.33. The molecule has 1 aromatic rings. The van der Waals surface area contributed by atoms with Gasteiger partial charge in [0.25, 0.3) is 0 Å². The van der Waals surface area contributed by atoms with Gasteiger partial charge in [0.1, 0.15) is 0 Å². The summed E-state index contributed by atoms with van der Waals surface area (Å²) in [6, 6.07) is 8.43. The molecule has 1 N–H and O–H groups in total. The molecule has 0 fully saturated rings. The molecule has 0 amide bonds. The monoisotopic (exact) mass is 238 g/mol. The Morgan fingerprint density at radius 1 is 1.50 bits per heavy atom. The number of benzene rings is 1. The van der Waals surface area contributed by atoms with Gasteiger partial charge < -0.3 is 9.84 Å². The Bertz CT molecular complexity index is 315. The van der Waals surface area contributed by atoms with Gasteiger partial charge in [0, 0.05) is 23.9 Å². The Morgan fingerprint density at radius 3 is 3.06 bits per heavy atom. The van der Waals surface area contributed by atoms with Crippen LogP contribution >= 0.6 is 11.8 Å². The third-order valence-electron chi connectivity index (χ3n) is 2.95. The van der Waals surface area contributed by atoms with E-state index in [1.54, 1.807) is 7.11 Å². The first kappa shape index (κ1) is 12.0. The molecule has 2 unspecified atom stereocenters. The molecule has 3 heteroatoms. The van der Waals surface area contributed by atoms with Crippen molar-refractivity contribution in [2.24, 2.45) is 0 Å². The van der Waals surface area contributed by atoms with Crippen molar-refractivity contribution < 1.29 is 9.84 Å². The van der Waals surface area contributed by atoms with Crippen molar-refractivity contribution in [2.75, 3.05) is 13.7 Å². The van der Waals surface area contributed by atoms with E-state index in [1.807, 2.05) is 11.8 Å². The van der Waals surface area contributed by atoms with Crippen molar-refractivity contribution in [1.29, 1.82) is 0 Å². The first-order valence-corrected chi connectivity index (χ1v) is 6.61. The second-order valence-electron chi connectivity index (χ2n) is 4.17. The summed E-state index contributed by atoms with van der Waals surface area (Å²) in [6.45, 7) is 0.737. The van der Waals surface area contributed by atoms with Crippen LogP contribution in [0.25, 0.3) is 0 Å². The zero-order valence-corrected chi connectivity index (χ0v) is 10.4. The van der Waals surface area contributed by atoms with Crippen LogP contribution in [0.2, 0.25) is 0 Å². The van der Waals surface area contributed by atoms with Gasteiger partial charge in [-0.2, -0.15) is 0 Å². The lowest BCUT2D eigenvalue weighted by Crippen LogP contribution is -2.22. The van der Waals surface area contributed by atoms with E-state index in [0.717, 1.165) is 25.9 Å². The van der Waals surface area contributed by atoms with Crippen LogP contribution in [0.5, 0.6) is 0 Å². The van der Waals surface area contributed by atoms with Crippen LogP contribution in [0.1, 0.15) is 18.4 Å². The second-order valence-corrected chi connectivity index (χ2v) is 5.45. The molecule has 0 bridgehead atoms. The molecule has 2 rings (SSSR count). The molecule has 2 nitrogen and oxygen atoms in total. The van der Waals surface area contributed by atoms with Gasteiger partial charge in [-0.15, -0.1) is 11.8 Å². The third kappa shape index (κ3) is 2.78. The molecule has 0 radical (unpaired) electrons. The molecule has 0 aliphatic carbocycles. The Kier molecular flexibility index (Phi) is 4.27. The van der Waals surface area contributed by atoms with Crippen LogP contribution in [0.3, 0.4) is 0 Å². The van der Waals surface area contributed by atoms with Gasteiger partial charge >= 0.3 is 0 Å². The standard InChI is InChI=1S/C13H18O2S/c1-15-8-4-6-11(14)13-9-10-5-2-3-7-12(10)16-13/h2-3,5,7,11,13-14H,4,6,8-9H2,1H3. The minimum Gasteiger partial charge on any atom is -0.392 e. The molecule has 0 aromatic heterocycles. The van der Waals surface area contributed by atoms with Crippen molar-refractivity contribution in [3.05, 3.63) is 29.8 Å². The van der Waals surface area contributed by atoms with Crippen molar-refractivity contribution >= 4 is 11.8 Å². The Balaban J connectivity index is 1.86. The topological polar surface area (TPSA) is 29.5 Å². The first-order chi connectivity index (χ1) is 7.81. The summed E-state index contributed by atoms with van der Waals surface area (Å²) in [5.41, 5.74) is 1.38. The minimum absolute atomic E-state index is 0.215. The number of ether oxygens (including phenoxy) is 1. The maximum Gasteiger partial charge on any atom is 0.0666 e. The molecule has 0 saturated carbocycles. The van der Waals surface area contributed by atoms with Crippen LogP contribution in [-0.2, 0) is 11.2 Å². The van der Waals surface area contributed by atoms with E-state index in [-0.39, 0.29) is 6.10 Å². The average molecular weight is 238 g/mol. The number of aliphatic hydroxyl groups excluding tert-OH is 1. The third-order valence-corrected chi connectivity index (χ3v) is 4.39. The van der Waals surface area contributed by atoms with E-state index in [0.29, 0.717) is 5.25 Å². The van der Waals surface area contributed by atoms with Gasteiger partial charge in [-0.25, -0.2) is 0 Å². The highest BCUT2D eigenvalue weighted by molar-refractivity contribution is 8.00. The van der Waals surface area contributed by atoms with E-state index in [1.165, 1.54) is 10.5 Å². The summed E-state index contributed by atoms with van der Waals surface area (Å²) in [5, 5.41) is 10.4. The van der Waals surface area contributed by atoms with Crippen LogP contribution in [0, 0.1) is 0 Å². The fourth-order valence-corrected chi connectivity index (χ4v) is 3.39. The molecule has 0 saturated heterocycles. The van der Waals surface area contributed by atoms with Crippen molar-refractivity contribution in [2.45, 2.75) is 35.5 Å². The molecule has 2 atom stereocenters. The van der Waals surface area contributed by atoms with E-state index in [9.17, 15) is 5.11 Å². The van der Waals surface area contributed by atoms with Crippen molar-refractivity contribution in [1.82, 2.24) is 0 Å². The molecule has 1 aromatic carbocycles. The van der Waals surface area contributed by atoms with Gasteiger partial charge in [0.15, 0.2) is 0 Å². The first-order valence-electron chi connectivity index (χ1n) is 5.73. The van der Waals surface area contributed by atoms with Crippen LogP contribution in [0.15, 0.2) is 29.2 Å². The predicted octanol–water partition coefficient (Wildman–Crippen LogP) is 2.49. The van der Waals surface area contributed by atoms with Gasteiger partial charge in [-0.05, 0) is 30.9 Å². The molecule has 1 aliphatic heterocycles. The lowest BCUT2D eigenvalue weighted by Gasteiger charge is -2.16. The molecule has 16 heavy (non-hydrogen) atoms. The Labute approximate surface area is 101 Å². The SMILES string of the molecule is COCCCC(O)C1Cc2ccccc2S1. The van der Waals surface area contributed by atoms with Crippen molar-refractivity contribution in [3.8, 4) is 0 Å². The zero-order valence-electron chi connectivity index (χ0n) is 9.56. The number of methoxy groups -OCH3 is 1. The number of hydrogen-bond acceptors (Lipinski definition) is 3. The largest absolute Gasteiger partial charge is 0.392 e. The highest BCUT2D eigenvalue weighted by atomic mass is 32.2. The van der Waals surface area contributed by atoms with E-state index in [4.69, 9.17) is 4.74 Å². The van der Waals surface area contributed by atoms with E-state index in [2.05, 4.69) is 24.3 Å².